The van der Waals surface area contributed by atoms with Crippen molar-refractivity contribution in [3.63, 3.8) is 0 Å². The summed E-state index contributed by atoms with van der Waals surface area (Å²) in [6, 6.07) is 5.81. The lowest BCUT2D eigenvalue weighted by Gasteiger charge is -2.31. The third-order valence-electron chi connectivity index (χ3n) is 10.0. The average molecular weight is 586 g/mol. The van der Waals surface area contributed by atoms with Gasteiger partial charge in [0.2, 0.25) is 0 Å². The molecule has 2 unspecified atom stereocenters. The molecule has 5 heterocycles. The number of terminal acetylenes is 1. The number of alkyl halides is 1. The summed E-state index contributed by atoms with van der Waals surface area (Å²) in [6.45, 7) is 2.24. The van der Waals surface area contributed by atoms with Gasteiger partial charge in [-0.25, -0.2) is 13.2 Å². The maximum atomic E-state index is 16.7. The molecule has 2 bridgehead atoms. The van der Waals surface area contributed by atoms with Crippen LogP contribution in [0.3, 0.4) is 0 Å². The lowest BCUT2D eigenvalue weighted by molar-refractivity contribution is 0.107. The number of anilines is 1. The molecule has 3 aliphatic heterocycles. The number of fused-ring (bicyclic) bond motifs is 5. The van der Waals surface area contributed by atoms with Gasteiger partial charge in [0, 0.05) is 42.7 Å². The monoisotopic (exact) mass is 585 g/mol. The van der Waals surface area contributed by atoms with Gasteiger partial charge in [0.25, 0.3) is 0 Å². The Kier molecular flexibility index (Phi) is 5.99. The molecule has 1 aliphatic carbocycles. The zero-order chi connectivity index (χ0) is 29.5. The molecule has 2 aromatic heterocycles. The Labute approximate surface area is 246 Å². The number of halogens is 3. The maximum Gasteiger partial charge on any atom is 0.319 e. The van der Waals surface area contributed by atoms with E-state index in [0.29, 0.717) is 41.5 Å². The molecule has 4 aliphatic rings. The van der Waals surface area contributed by atoms with E-state index in [9.17, 15) is 13.9 Å². The van der Waals surface area contributed by atoms with Crippen LogP contribution in [0.2, 0.25) is 0 Å². The fourth-order valence-corrected chi connectivity index (χ4v) is 8.08. The fraction of sp³-hybridized carbons (Fsp3) is 0.424. The van der Waals surface area contributed by atoms with E-state index in [1.165, 1.54) is 30.5 Å². The molecule has 4 aromatic rings. The van der Waals surface area contributed by atoms with Crippen molar-refractivity contribution in [3.8, 4) is 35.4 Å². The third-order valence-corrected chi connectivity index (χ3v) is 10.0. The fourth-order valence-electron chi connectivity index (χ4n) is 8.08. The SMILES string of the molecule is C#Cc1c(F)ccc2cc(O)cc(-c3ncc4c(N5CC6CCC5C6)nc(OC[C@@]56CCCN5C[C@H](F)C6)nc4c3F)c12. The number of aromatic nitrogens is 3. The molecule has 2 aromatic carbocycles. The third kappa shape index (κ3) is 4.12. The Balaban J connectivity index is 1.28. The van der Waals surface area contributed by atoms with Crippen molar-refractivity contribution < 1.29 is 23.0 Å². The lowest BCUT2D eigenvalue weighted by Crippen LogP contribution is -2.43. The van der Waals surface area contributed by atoms with Crippen molar-refractivity contribution >= 4 is 27.5 Å². The zero-order valence-corrected chi connectivity index (χ0v) is 23.5. The predicted molar refractivity (Wildman–Crippen MR) is 157 cm³/mol. The number of aromatic hydroxyl groups is 1. The Morgan fingerprint density at radius 2 is 2.05 bits per heavy atom. The molecule has 1 N–H and O–H groups in total. The Morgan fingerprint density at radius 3 is 2.84 bits per heavy atom. The minimum atomic E-state index is -0.905. The molecule has 220 valence electrons. The molecular formula is C33H30F3N5O2. The summed E-state index contributed by atoms with van der Waals surface area (Å²) >= 11 is 0. The number of benzene rings is 2. The highest BCUT2D eigenvalue weighted by Gasteiger charge is 2.49. The molecule has 3 saturated heterocycles. The quantitative estimate of drug-likeness (QED) is 0.299. The molecule has 1 saturated carbocycles. The maximum absolute atomic E-state index is 16.7. The van der Waals surface area contributed by atoms with E-state index in [2.05, 4.69) is 25.7 Å². The highest BCUT2D eigenvalue weighted by atomic mass is 19.1. The molecule has 10 heteroatoms. The van der Waals surface area contributed by atoms with Crippen LogP contribution in [0.5, 0.6) is 11.8 Å². The first kappa shape index (κ1) is 26.5. The molecule has 4 atom stereocenters. The number of piperidine rings is 1. The normalized spacial score (nSPS) is 26.5. The van der Waals surface area contributed by atoms with E-state index in [0.717, 1.165) is 45.2 Å². The standard InChI is InChI=1S/C33H30F3N5O2/c1-2-23-26(35)7-5-19-11-22(42)12-24(27(19)23)29-28(36)30-25(14-37-29)31(41-15-18-4-6-21(41)10-18)39-32(38-30)43-17-33-8-3-9-40(33)16-20(34)13-33/h1,5,7,11-12,14,18,20-21,42H,3-4,6,8-10,13,15-17H2/t18?,20-,21?,33+/m1/s1. The molecule has 43 heavy (non-hydrogen) atoms. The van der Waals surface area contributed by atoms with Crippen LogP contribution >= 0.6 is 0 Å². The van der Waals surface area contributed by atoms with Crippen LogP contribution in [0, 0.1) is 29.9 Å². The molecule has 7 nitrogen and oxygen atoms in total. The average Bonchev–Trinajstić information content (AvgIpc) is 3.77. The molecule has 8 rings (SSSR count). The first-order valence-corrected chi connectivity index (χ1v) is 14.9. The molecule has 4 fully saturated rings. The number of hydrogen-bond donors (Lipinski definition) is 1. The molecule has 0 amide bonds. The van der Waals surface area contributed by atoms with Gasteiger partial charge in [0.15, 0.2) is 5.82 Å². The lowest BCUT2D eigenvalue weighted by atomic mass is 9.95. The van der Waals surface area contributed by atoms with Crippen molar-refractivity contribution in [2.45, 2.75) is 56.3 Å². The van der Waals surface area contributed by atoms with Crippen molar-refractivity contribution in [2.75, 3.05) is 31.1 Å². The number of nitrogens with zero attached hydrogens (tertiary/aromatic N) is 5. The van der Waals surface area contributed by atoms with E-state index in [1.807, 2.05) is 0 Å². The molecule has 0 radical (unpaired) electrons. The summed E-state index contributed by atoms with van der Waals surface area (Å²) in [4.78, 5) is 18.2. The summed E-state index contributed by atoms with van der Waals surface area (Å²) in [7, 11) is 0. The first-order chi connectivity index (χ1) is 20.8. The van der Waals surface area contributed by atoms with E-state index >= 15 is 4.39 Å². The van der Waals surface area contributed by atoms with Gasteiger partial charge in [0.05, 0.1) is 16.5 Å². The topological polar surface area (TPSA) is 74.6 Å². The van der Waals surface area contributed by atoms with Crippen LogP contribution < -0.4 is 9.64 Å². The van der Waals surface area contributed by atoms with Crippen LogP contribution in [0.4, 0.5) is 19.0 Å². The summed E-state index contributed by atoms with van der Waals surface area (Å²) in [5, 5.41) is 11.7. The van der Waals surface area contributed by atoms with Gasteiger partial charge in [-0.1, -0.05) is 12.0 Å². The number of phenolic OH excluding ortho intramolecular Hbond substituents is 1. The Hall–Kier alpha value is -4.10. The van der Waals surface area contributed by atoms with Crippen LogP contribution in [0.25, 0.3) is 32.9 Å². The van der Waals surface area contributed by atoms with Crippen LogP contribution in [0.1, 0.15) is 44.1 Å². The first-order valence-electron chi connectivity index (χ1n) is 14.9. The van der Waals surface area contributed by atoms with E-state index < -0.39 is 23.3 Å². The van der Waals surface area contributed by atoms with E-state index in [1.54, 1.807) is 0 Å². The second-order valence-corrected chi connectivity index (χ2v) is 12.5. The summed E-state index contributed by atoms with van der Waals surface area (Å²) < 4.78 is 52.1. The molecule has 0 spiro atoms. The number of rotatable bonds is 5. The van der Waals surface area contributed by atoms with Gasteiger partial charge in [-0.15, -0.1) is 6.42 Å². The van der Waals surface area contributed by atoms with Crippen LogP contribution in [-0.2, 0) is 0 Å². The second kappa shape index (κ2) is 9.71. The summed E-state index contributed by atoms with van der Waals surface area (Å²) in [6.07, 6.45) is 11.7. The largest absolute Gasteiger partial charge is 0.508 e. The second-order valence-electron chi connectivity index (χ2n) is 12.5. The zero-order valence-electron chi connectivity index (χ0n) is 23.5. The Bertz CT molecular complexity index is 1840. The summed E-state index contributed by atoms with van der Waals surface area (Å²) in [5.41, 5.74) is -0.408. The van der Waals surface area contributed by atoms with Crippen LogP contribution in [0.15, 0.2) is 30.5 Å². The number of phenols is 1. The van der Waals surface area contributed by atoms with Crippen molar-refractivity contribution in [1.82, 2.24) is 19.9 Å². The highest BCUT2D eigenvalue weighted by molar-refractivity contribution is 6.03. The smallest absolute Gasteiger partial charge is 0.319 e. The summed E-state index contributed by atoms with van der Waals surface area (Å²) in [5.74, 6) is 1.97. The minimum Gasteiger partial charge on any atom is -0.508 e. The van der Waals surface area contributed by atoms with Crippen LogP contribution in [-0.4, -0.2) is 69.0 Å². The van der Waals surface area contributed by atoms with Crippen molar-refractivity contribution in [1.29, 1.82) is 0 Å². The van der Waals surface area contributed by atoms with E-state index in [4.69, 9.17) is 16.1 Å². The van der Waals surface area contributed by atoms with Gasteiger partial charge in [0.1, 0.15) is 41.4 Å². The van der Waals surface area contributed by atoms with Gasteiger partial charge >= 0.3 is 6.01 Å². The molecular weight excluding hydrogens is 555 g/mol. The number of pyridine rings is 1. The number of hydrogen-bond acceptors (Lipinski definition) is 7. The van der Waals surface area contributed by atoms with Crippen molar-refractivity contribution in [2.24, 2.45) is 5.92 Å². The Morgan fingerprint density at radius 1 is 1.16 bits per heavy atom. The van der Waals surface area contributed by atoms with Gasteiger partial charge in [-0.3, -0.25) is 9.88 Å². The number of ether oxygens (including phenoxy) is 1. The van der Waals surface area contributed by atoms with Gasteiger partial charge < -0.3 is 14.7 Å². The van der Waals surface area contributed by atoms with Gasteiger partial charge in [-0.2, -0.15) is 9.97 Å². The van der Waals surface area contributed by atoms with Crippen molar-refractivity contribution in [3.05, 3.63) is 47.7 Å². The van der Waals surface area contributed by atoms with E-state index in [-0.39, 0.29) is 46.1 Å². The highest BCUT2D eigenvalue weighted by Crippen LogP contribution is 2.44. The predicted octanol–water partition coefficient (Wildman–Crippen LogP) is 5.75. The minimum absolute atomic E-state index is 0.0125. The van der Waals surface area contributed by atoms with Gasteiger partial charge in [-0.05, 0) is 68.2 Å².